The first-order valence-electron chi connectivity index (χ1n) is 2.60. The molecule has 0 aliphatic heterocycles. The SMILES string of the molecule is O=[N+]([O-])[O-].O=[N+]([O-])[O-].O=[N+]([O-])[O-].O=[N+]([O-])[O-].[O]=[Zr].[O]=[Zr]. The first-order chi connectivity index (χ1) is 8.93. The average Bonchev–Trinajstić information content (AvgIpc) is 2.19. The van der Waals surface area contributed by atoms with Crippen LogP contribution in [0.5, 0.6) is 0 Å². The van der Waals surface area contributed by atoms with Crippen molar-refractivity contribution >= 4 is 0 Å². The van der Waals surface area contributed by atoms with E-state index in [1.165, 1.54) is 0 Å². The van der Waals surface area contributed by atoms with Crippen LogP contribution >= 0.6 is 0 Å². The Balaban J connectivity index is -0.0000000301. The van der Waals surface area contributed by atoms with E-state index in [1.807, 2.05) is 0 Å². The van der Waals surface area contributed by atoms with Crippen LogP contribution in [0.1, 0.15) is 0 Å². The summed E-state index contributed by atoms with van der Waals surface area (Å²) >= 11 is 0.600. The molecule has 116 valence electrons. The Morgan fingerprint density at radius 2 is 0.400 bits per heavy atom. The molecular weight excluding hydrogens is 462 g/mol. The van der Waals surface area contributed by atoms with Crippen LogP contribution in [0.25, 0.3) is 0 Å². The van der Waals surface area contributed by atoms with E-state index < -0.39 is 20.3 Å². The van der Waals surface area contributed by atoms with Gasteiger partial charge in [0.1, 0.15) is 0 Å². The second kappa shape index (κ2) is 43.4. The van der Waals surface area contributed by atoms with Gasteiger partial charge in [-0.1, -0.05) is 0 Å². The van der Waals surface area contributed by atoms with E-state index in [1.54, 1.807) is 0 Å². The third-order valence-electron chi connectivity index (χ3n) is 0. The molecule has 0 bridgehead atoms. The van der Waals surface area contributed by atoms with Crippen molar-refractivity contribution in [1.82, 2.24) is 0 Å². The summed E-state index contributed by atoms with van der Waals surface area (Å²) in [5, 5.41) is 59.0. The minimum absolute atomic E-state index is 0.300. The number of hydrogen-bond donors (Lipinski definition) is 0. The van der Waals surface area contributed by atoms with Gasteiger partial charge < -0.3 is 61.3 Å². The van der Waals surface area contributed by atoms with Gasteiger partial charge in [-0.05, 0) is 0 Å². The molecule has 0 atom stereocenters. The van der Waals surface area contributed by atoms with Crippen molar-refractivity contribution < 1.29 is 75.4 Å². The molecule has 0 aromatic rings. The first-order valence-corrected chi connectivity index (χ1v) is 4.61. The van der Waals surface area contributed by atoms with E-state index in [0.29, 0.717) is 49.4 Å². The predicted octanol–water partition coefficient (Wildman–Crippen LogP) is -1.20. The monoisotopic (exact) mass is 460 g/mol. The molecule has 0 radical (unpaired) electrons. The van der Waals surface area contributed by atoms with Gasteiger partial charge in [0.2, 0.25) is 0 Å². The summed E-state index contributed by atoms with van der Waals surface area (Å²) in [6.07, 6.45) is 0. The summed E-state index contributed by atoms with van der Waals surface area (Å²) in [5.74, 6) is 0. The van der Waals surface area contributed by atoms with Crippen molar-refractivity contribution in [3.05, 3.63) is 61.3 Å². The molecule has 20 heavy (non-hydrogen) atoms. The molecule has 0 aromatic heterocycles. The van der Waals surface area contributed by atoms with E-state index in [-0.39, 0.29) is 0 Å². The third-order valence-corrected chi connectivity index (χ3v) is 0. The molecule has 0 aliphatic carbocycles. The molecule has 20 heteroatoms. The fourth-order valence-electron chi connectivity index (χ4n) is 0. The zero-order valence-electron chi connectivity index (χ0n) is 8.50. The van der Waals surface area contributed by atoms with Gasteiger partial charge in [-0.25, -0.2) is 0 Å². The van der Waals surface area contributed by atoms with Crippen molar-refractivity contribution in [2.45, 2.75) is 0 Å². The van der Waals surface area contributed by atoms with E-state index in [9.17, 15) is 0 Å². The van der Waals surface area contributed by atoms with Crippen LogP contribution in [0.3, 0.4) is 0 Å². The molecule has 0 saturated heterocycles. The predicted molar refractivity (Wildman–Crippen MR) is 42.8 cm³/mol. The van der Waals surface area contributed by atoms with Crippen LogP contribution in [0.2, 0.25) is 0 Å². The Labute approximate surface area is 136 Å². The molecule has 0 fully saturated rings. The van der Waals surface area contributed by atoms with Crippen molar-refractivity contribution in [2.24, 2.45) is 0 Å². The van der Waals surface area contributed by atoms with E-state index in [2.05, 4.69) is 0 Å². The summed E-state index contributed by atoms with van der Waals surface area (Å²) in [4.78, 5) is 33.0. The maximum absolute atomic E-state index is 8.34. The zero-order valence-corrected chi connectivity index (χ0v) is 13.4. The van der Waals surface area contributed by atoms with Crippen LogP contribution in [0, 0.1) is 61.3 Å². The molecular formula is N4O14Zr2-4. The Bertz CT molecular complexity index is 186. The summed E-state index contributed by atoms with van der Waals surface area (Å²) in [6, 6.07) is 0. The molecule has 0 N–H and O–H groups in total. The van der Waals surface area contributed by atoms with E-state index in [4.69, 9.17) is 66.9 Å². The van der Waals surface area contributed by atoms with E-state index in [0.717, 1.165) is 0 Å². The molecule has 0 amide bonds. The van der Waals surface area contributed by atoms with Crippen molar-refractivity contribution in [1.29, 1.82) is 0 Å². The van der Waals surface area contributed by atoms with Gasteiger partial charge in [0.25, 0.3) is 0 Å². The summed E-state index contributed by atoms with van der Waals surface area (Å²) < 4.78 is 16.7. The van der Waals surface area contributed by atoms with Crippen molar-refractivity contribution in [3.63, 3.8) is 0 Å². The fourth-order valence-corrected chi connectivity index (χ4v) is 0. The van der Waals surface area contributed by atoms with Crippen molar-refractivity contribution in [3.8, 4) is 0 Å². The summed E-state index contributed by atoms with van der Waals surface area (Å²) in [6.45, 7) is 0. The van der Waals surface area contributed by atoms with Gasteiger partial charge >= 0.3 is 55.1 Å². The molecule has 0 aliphatic rings. The maximum atomic E-state index is 8.34. The van der Waals surface area contributed by atoms with Gasteiger partial charge in [-0.2, -0.15) is 0 Å². The Hall–Kier alpha value is -1.83. The standard InChI is InChI=1S/4NO3.2O.2Zr/c4*2-1(3)4;;;;/q4*-1;;;;. The summed E-state index contributed by atoms with van der Waals surface area (Å²) in [7, 11) is 0. The van der Waals surface area contributed by atoms with Crippen LogP contribution in [-0.4, -0.2) is 20.3 Å². The quantitative estimate of drug-likeness (QED) is 0.301. The summed E-state index contributed by atoms with van der Waals surface area (Å²) in [5.41, 5.74) is 0. The van der Waals surface area contributed by atoms with Gasteiger partial charge in [0.05, 0.1) is 20.3 Å². The first kappa shape index (κ1) is 36.2. The molecule has 18 nitrogen and oxygen atoms in total. The van der Waals surface area contributed by atoms with Gasteiger partial charge in [0.15, 0.2) is 0 Å². The van der Waals surface area contributed by atoms with Crippen LogP contribution in [0.15, 0.2) is 0 Å². The van der Waals surface area contributed by atoms with Crippen LogP contribution < -0.4 is 0 Å². The second-order valence-electron chi connectivity index (χ2n) is 0.894. The Kier molecular flexibility index (Phi) is 78.5. The van der Waals surface area contributed by atoms with Crippen LogP contribution in [0.4, 0.5) is 0 Å². The molecule has 0 saturated carbocycles. The normalized spacial score (nSPS) is 5.10. The topological polar surface area (TPSA) is 299 Å². The molecule has 0 aromatic carbocycles. The van der Waals surface area contributed by atoms with Crippen molar-refractivity contribution in [2.75, 3.05) is 0 Å². The van der Waals surface area contributed by atoms with Gasteiger partial charge in [0, 0.05) is 0 Å². The Morgan fingerprint density at radius 3 is 0.400 bits per heavy atom. The molecule has 0 rings (SSSR count). The van der Waals surface area contributed by atoms with Gasteiger partial charge in [-0.3, -0.25) is 0 Å². The second-order valence-corrected chi connectivity index (χ2v) is 0.894. The zero-order chi connectivity index (χ0) is 18.3. The number of nitrogens with zero attached hydrogens (tertiary/aromatic N) is 4. The minimum atomic E-state index is -1.75. The molecule has 0 unspecified atom stereocenters. The fraction of sp³-hybridized carbons (Fsp3) is 0. The third kappa shape index (κ3) is 1110. The van der Waals surface area contributed by atoms with Gasteiger partial charge in [-0.15, -0.1) is 0 Å². The number of rotatable bonds is 0. The number of hydrogen-bond acceptors (Lipinski definition) is 14. The average molecular weight is 462 g/mol. The molecule has 0 heterocycles. The molecule has 0 spiro atoms. The Morgan fingerprint density at radius 1 is 0.400 bits per heavy atom. The van der Waals surface area contributed by atoms with Crippen LogP contribution in [-0.2, 0) is 55.1 Å². The van der Waals surface area contributed by atoms with E-state index >= 15 is 0 Å².